The van der Waals surface area contributed by atoms with E-state index < -0.39 is 0 Å². The molecule has 0 saturated carbocycles. The van der Waals surface area contributed by atoms with Crippen molar-refractivity contribution in [2.75, 3.05) is 12.3 Å². The highest BCUT2D eigenvalue weighted by atomic mass is 32.2. The van der Waals surface area contributed by atoms with E-state index in [0.717, 1.165) is 6.54 Å². The normalized spacial score (nSPS) is 10.9. The summed E-state index contributed by atoms with van der Waals surface area (Å²) in [6.07, 6.45) is 3.95. The van der Waals surface area contributed by atoms with Gasteiger partial charge in [-0.1, -0.05) is 38.5 Å². The number of unbranched alkanes of at least 4 members (excludes halogenated alkanes) is 2. The van der Waals surface area contributed by atoms with Crippen molar-refractivity contribution in [2.45, 2.75) is 44.0 Å². The van der Waals surface area contributed by atoms with Crippen LogP contribution in [0.4, 0.5) is 0 Å². The second-order valence-electron chi connectivity index (χ2n) is 4.33. The Hall–Kier alpha value is -0.470. The van der Waals surface area contributed by atoms with E-state index in [4.69, 9.17) is 0 Å². The number of hydrogen-bond acceptors (Lipinski definition) is 2. The third-order valence-corrected chi connectivity index (χ3v) is 3.48. The van der Waals surface area contributed by atoms with Crippen molar-refractivity contribution in [1.82, 2.24) is 5.32 Å². The van der Waals surface area contributed by atoms with E-state index in [1.807, 2.05) is 11.8 Å². The van der Waals surface area contributed by atoms with Gasteiger partial charge in [-0.25, -0.2) is 0 Å². The molecule has 1 aromatic carbocycles. The van der Waals surface area contributed by atoms with Gasteiger partial charge in [0.2, 0.25) is 0 Å². The fraction of sp³-hybridized carbons (Fsp3) is 0.571. The molecule has 0 atom stereocenters. The Bertz CT molecular complexity index is 259. The lowest BCUT2D eigenvalue weighted by Gasteiger charge is -2.07. The number of thioether (sulfide) groups is 1. The molecule has 0 unspecified atom stereocenters. The molecule has 1 N–H and O–H groups in total. The first-order chi connectivity index (χ1) is 7.79. The third-order valence-electron chi connectivity index (χ3n) is 2.39. The fourth-order valence-corrected chi connectivity index (χ4v) is 2.44. The van der Waals surface area contributed by atoms with Crippen LogP contribution in [0.5, 0.6) is 0 Å². The monoisotopic (exact) mass is 237 g/mol. The Kier molecular flexibility index (Phi) is 7.35. The highest BCUT2D eigenvalue weighted by Crippen LogP contribution is 2.18. The van der Waals surface area contributed by atoms with Crippen molar-refractivity contribution >= 4 is 11.8 Å². The maximum absolute atomic E-state index is 3.45. The molecule has 16 heavy (non-hydrogen) atoms. The minimum Gasteiger partial charge on any atom is -0.315 e. The molecular weight excluding hydrogens is 214 g/mol. The van der Waals surface area contributed by atoms with Crippen molar-refractivity contribution in [3.63, 3.8) is 0 Å². The van der Waals surface area contributed by atoms with Crippen LogP contribution in [-0.4, -0.2) is 18.3 Å². The van der Waals surface area contributed by atoms with E-state index in [1.165, 1.54) is 29.9 Å². The van der Waals surface area contributed by atoms with Crippen LogP contribution in [0.1, 0.15) is 33.1 Å². The Morgan fingerprint density at radius 3 is 2.50 bits per heavy atom. The summed E-state index contributed by atoms with van der Waals surface area (Å²) in [5, 5.41) is 3.45. The van der Waals surface area contributed by atoms with Crippen molar-refractivity contribution in [3.05, 3.63) is 30.3 Å². The lowest BCUT2D eigenvalue weighted by Crippen LogP contribution is -2.23. The van der Waals surface area contributed by atoms with Crippen LogP contribution in [0.25, 0.3) is 0 Å². The zero-order valence-electron chi connectivity index (χ0n) is 10.4. The Morgan fingerprint density at radius 2 is 1.81 bits per heavy atom. The lowest BCUT2D eigenvalue weighted by molar-refractivity contribution is 0.555. The van der Waals surface area contributed by atoms with E-state index >= 15 is 0 Å². The second kappa shape index (κ2) is 8.66. The Morgan fingerprint density at radius 1 is 1.06 bits per heavy atom. The van der Waals surface area contributed by atoms with Gasteiger partial charge in [0.1, 0.15) is 0 Å². The molecule has 0 fully saturated rings. The van der Waals surface area contributed by atoms with Gasteiger partial charge >= 0.3 is 0 Å². The van der Waals surface area contributed by atoms with Crippen molar-refractivity contribution in [1.29, 1.82) is 0 Å². The lowest BCUT2D eigenvalue weighted by atomic mass is 10.2. The number of hydrogen-bond donors (Lipinski definition) is 1. The standard InChI is InChI=1S/C14H23NS/c1-13(2)15-11-7-4-8-12-16-14-9-5-3-6-10-14/h3,5-6,9-10,13,15H,4,7-8,11-12H2,1-2H3. The van der Waals surface area contributed by atoms with Crippen LogP contribution in [0.2, 0.25) is 0 Å². The van der Waals surface area contributed by atoms with E-state index in [-0.39, 0.29) is 0 Å². The van der Waals surface area contributed by atoms with Gasteiger partial charge in [0.05, 0.1) is 0 Å². The Labute approximate surface area is 104 Å². The third kappa shape index (κ3) is 6.91. The summed E-state index contributed by atoms with van der Waals surface area (Å²) in [6.45, 7) is 5.56. The average Bonchev–Trinajstić information content (AvgIpc) is 2.29. The van der Waals surface area contributed by atoms with E-state index in [1.54, 1.807) is 0 Å². The van der Waals surface area contributed by atoms with Crippen LogP contribution in [0, 0.1) is 0 Å². The van der Waals surface area contributed by atoms with E-state index in [9.17, 15) is 0 Å². The quantitative estimate of drug-likeness (QED) is 0.543. The maximum Gasteiger partial charge on any atom is 0.00719 e. The van der Waals surface area contributed by atoms with Gasteiger partial charge in [-0.15, -0.1) is 11.8 Å². The minimum atomic E-state index is 0.624. The topological polar surface area (TPSA) is 12.0 Å². The SMILES string of the molecule is CC(C)NCCCCCSc1ccccc1. The van der Waals surface area contributed by atoms with Crippen LogP contribution in [-0.2, 0) is 0 Å². The summed E-state index contributed by atoms with van der Waals surface area (Å²) < 4.78 is 0. The molecule has 1 aromatic rings. The van der Waals surface area contributed by atoms with Crippen LogP contribution in [0.15, 0.2) is 35.2 Å². The molecule has 1 nitrogen and oxygen atoms in total. The first kappa shape index (κ1) is 13.6. The number of benzene rings is 1. The largest absolute Gasteiger partial charge is 0.315 e. The van der Waals surface area contributed by atoms with Crippen molar-refractivity contribution in [3.8, 4) is 0 Å². The average molecular weight is 237 g/mol. The predicted molar refractivity (Wildman–Crippen MR) is 74.2 cm³/mol. The van der Waals surface area contributed by atoms with Crippen molar-refractivity contribution in [2.24, 2.45) is 0 Å². The van der Waals surface area contributed by atoms with Crippen molar-refractivity contribution < 1.29 is 0 Å². The molecule has 0 heterocycles. The molecule has 0 aliphatic heterocycles. The summed E-state index contributed by atoms with van der Waals surface area (Å²) in [5.41, 5.74) is 0. The molecule has 0 aromatic heterocycles. The molecule has 0 amide bonds. The van der Waals surface area contributed by atoms with Gasteiger partial charge in [0.15, 0.2) is 0 Å². The van der Waals surface area contributed by atoms with E-state index in [2.05, 4.69) is 49.5 Å². The van der Waals surface area contributed by atoms with Gasteiger partial charge < -0.3 is 5.32 Å². The van der Waals surface area contributed by atoms with Gasteiger partial charge in [-0.3, -0.25) is 0 Å². The van der Waals surface area contributed by atoms with Crippen LogP contribution >= 0.6 is 11.8 Å². The molecule has 0 spiro atoms. The Balaban J connectivity index is 1.93. The summed E-state index contributed by atoms with van der Waals surface area (Å²) in [5.74, 6) is 1.24. The second-order valence-corrected chi connectivity index (χ2v) is 5.50. The van der Waals surface area contributed by atoms with E-state index in [0.29, 0.717) is 6.04 Å². The summed E-state index contributed by atoms with van der Waals surface area (Å²) in [6, 6.07) is 11.3. The van der Waals surface area contributed by atoms with Gasteiger partial charge in [-0.05, 0) is 37.3 Å². The van der Waals surface area contributed by atoms with Gasteiger partial charge in [-0.2, -0.15) is 0 Å². The summed E-state index contributed by atoms with van der Waals surface area (Å²) in [7, 11) is 0. The predicted octanol–water partition coefficient (Wildman–Crippen LogP) is 3.95. The molecule has 1 rings (SSSR count). The summed E-state index contributed by atoms with van der Waals surface area (Å²) >= 11 is 1.96. The minimum absolute atomic E-state index is 0.624. The highest BCUT2D eigenvalue weighted by molar-refractivity contribution is 7.99. The van der Waals surface area contributed by atoms with Gasteiger partial charge in [0.25, 0.3) is 0 Å². The number of nitrogens with one attached hydrogen (secondary N) is 1. The van der Waals surface area contributed by atoms with Crippen LogP contribution in [0.3, 0.4) is 0 Å². The highest BCUT2D eigenvalue weighted by Gasteiger charge is 1.94. The zero-order chi connectivity index (χ0) is 11.6. The molecule has 0 bridgehead atoms. The maximum atomic E-state index is 3.45. The first-order valence-corrected chi connectivity index (χ1v) is 7.19. The van der Waals surface area contributed by atoms with Gasteiger partial charge in [0, 0.05) is 10.9 Å². The molecular formula is C14H23NS. The molecule has 0 aliphatic carbocycles. The van der Waals surface area contributed by atoms with Crippen LogP contribution < -0.4 is 5.32 Å². The molecule has 0 aliphatic rings. The smallest absolute Gasteiger partial charge is 0.00719 e. The summed E-state index contributed by atoms with van der Waals surface area (Å²) in [4.78, 5) is 1.39. The molecule has 0 saturated heterocycles. The molecule has 0 radical (unpaired) electrons. The zero-order valence-corrected chi connectivity index (χ0v) is 11.2. The molecule has 2 heteroatoms. The fourth-order valence-electron chi connectivity index (χ4n) is 1.50. The number of rotatable bonds is 8. The molecule has 90 valence electrons. The first-order valence-electron chi connectivity index (χ1n) is 6.20.